The van der Waals surface area contributed by atoms with Crippen molar-refractivity contribution >= 4 is 16.0 Å². The van der Waals surface area contributed by atoms with Gasteiger partial charge in [-0.2, -0.15) is 4.31 Å². The van der Waals surface area contributed by atoms with Gasteiger partial charge >= 0.3 is 5.97 Å². The Morgan fingerprint density at radius 3 is 2.65 bits per heavy atom. The lowest BCUT2D eigenvalue weighted by Crippen LogP contribution is -2.57. The molecule has 8 heteroatoms. The first-order valence-corrected chi connectivity index (χ1v) is 7.07. The van der Waals surface area contributed by atoms with Crippen LogP contribution in [-0.4, -0.2) is 73.7 Å². The number of carboxylic acids is 1. The Balaban J connectivity index is 2.72. The van der Waals surface area contributed by atoms with Gasteiger partial charge in [0.15, 0.2) is 0 Å². The number of nitrogens with zero attached hydrogens (tertiary/aromatic N) is 2. The van der Waals surface area contributed by atoms with Crippen LogP contribution >= 0.6 is 0 Å². The second kappa shape index (κ2) is 5.76. The zero-order valence-corrected chi connectivity index (χ0v) is 10.7. The van der Waals surface area contributed by atoms with E-state index in [9.17, 15) is 13.2 Å². The van der Waals surface area contributed by atoms with Gasteiger partial charge in [-0.15, -0.1) is 0 Å². The molecule has 1 aliphatic heterocycles. The summed E-state index contributed by atoms with van der Waals surface area (Å²) in [7, 11) is -1.61. The third kappa shape index (κ3) is 3.91. The molecule has 1 unspecified atom stereocenters. The van der Waals surface area contributed by atoms with Crippen molar-refractivity contribution < 1.29 is 18.3 Å². The number of rotatable bonds is 5. The zero-order chi connectivity index (χ0) is 13.1. The van der Waals surface area contributed by atoms with Crippen molar-refractivity contribution in [1.29, 1.82) is 0 Å². The van der Waals surface area contributed by atoms with E-state index in [2.05, 4.69) is 0 Å². The maximum Gasteiger partial charge on any atom is 0.304 e. The summed E-state index contributed by atoms with van der Waals surface area (Å²) in [5.41, 5.74) is 5.56. The summed E-state index contributed by atoms with van der Waals surface area (Å²) in [4.78, 5) is 12.4. The summed E-state index contributed by atoms with van der Waals surface area (Å²) in [5.74, 6) is -1.46. The fourth-order valence-electron chi connectivity index (χ4n) is 1.89. The molecule has 100 valence electrons. The summed E-state index contributed by atoms with van der Waals surface area (Å²) in [5, 5.41) is 8.52. The van der Waals surface area contributed by atoms with Crippen molar-refractivity contribution in [3.05, 3.63) is 0 Å². The molecule has 17 heavy (non-hydrogen) atoms. The van der Waals surface area contributed by atoms with Crippen molar-refractivity contribution in [2.75, 3.05) is 39.0 Å². The molecule has 0 radical (unpaired) electrons. The quantitative estimate of drug-likeness (QED) is 0.618. The van der Waals surface area contributed by atoms with Crippen LogP contribution in [0.4, 0.5) is 0 Å². The summed E-state index contributed by atoms with van der Waals surface area (Å²) in [6, 6.07) is -0.257. The summed E-state index contributed by atoms with van der Waals surface area (Å²) in [6.07, 6.45) is -0.369. The lowest BCUT2D eigenvalue weighted by molar-refractivity contribution is -0.136. The van der Waals surface area contributed by atoms with E-state index in [1.165, 1.54) is 4.31 Å². The SMILES string of the molecule is CN1CCN(S(=O)(=O)CCC(=O)O)C(CN)C1. The average molecular weight is 265 g/mol. The minimum absolute atomic E-state index is 0.247. The van der Waals surface area contributed by atoms with E-state index in [4.69, 9.17) is 10.8 Å². The van der Waals surface area contributed by atoms with Crippen LogP contribution in [-0.2, 0) is 14.8 Å². The van der Waals surface area contributed by atoms with Gasteiger partial charge in [0.05, 0.1) is 12.2 Å². The number of aliphatic carboxylic acids is 1. The third-order valence-corrected chi connectivity index (χ3v) is 4.75. The fourth-order valence-corrected chi connectivity index (χ4v) is 3.52. The molecule has 0 bridgehead atoms. The number of carbonyl (C=O) groups is 1. The maximum atomic E-state index is 12.0. The lowest BCUT2D eigenvalue weighted by Gasteiger charge is -2.38. The van der Waals surface area contributed by atoms with E-state index in [1.807, 2.05) is 11.9 Å². The minimum atomic E-state index is -3.52. The Kier molecular flexibility index (Phi) is 4.87. The molecule has 0 aliphatic carbocycles. The van der Waals surface area contributed by atoms with E-state index in [-0.39, 0.29) is 24.8 Å². The van der Waals surface area contributed by atoms with Crippen LogP contribution in [0.5, 0.6) is 0 Å². The zero-order valence-electron chi connectivity index (χ0n) is 9.87. The number of hydrogen-bond donors (Lipinski definition) is 2. The van der Waals surface area contributed by atoms with Crippen molar-refractivity contribution in [3.8, 4) is 0 Å². The van der Waals surface area contributed by atoms with Crippen molar-refractivity contribution in [2.24, 2.45) is 5.73 Å². The standard InChI is InChI=1S/C9H19N3O4S/c1-11-3-4-12(8(6-10)7-11)17(15,16)5-2-9(13)14/h8H,2-7,10H2,1H3,(H,13,14). The van der Waals surface area contributed by atoms with Gasteiger partial charge in [-0.25, -0.2) is 8.42 Å². The Morgan fingerprint density at radius 2 is 2.12 bits per heavy atom. The molecule has 0 spiro atoms. The fraction of sp³-hybridized carbons (Fsp3) is 0.889. The van der Waals surface area contributed by atoms with Gasteiger partial charge in [0.25, 0.3) is 0 Å². The smallest absolute Gasteiger partial charge is 0.304 e. The molecule has 1 heterocycles. The first-order valence-electron chi connectivity index (χ1n) is 5.46. The van der Waals surface area contributed by atoms with Crippen LogP contribution in [0.2, 0.25) is 0 Å². The number of hydrogen-bond acceptors (Lipinski definition) is 5. The molecule has 1 fully saturated rings. The molecule has 1 saturated heterocycles. The molecule has 1 rings (SSSR count). The van der Waals surface area contributed by atoms with Crippen molar-refractivity contribution in [1.82, 2.24) is 9.21 Å². The third-order valence-electron chi connectivity index (χ3n) is 2.84. The Labute approximate surface area is 101 Å². The maximum absolute atomic E-state index is 12.0. The summed E-state index contributed by atoms with van der Waals surface area (Å²) in [6.45, 7) is 1.85. The van der Waals surface area contributed by atoms with Crippen LogP contribution in [0.15, 0.2) is 0 Å². The van der Waals surface area contributed by atoms with Crippen LogP contribution in [0.3, 0.4) is 0 Å². The average Bonchev–Trinajstić information content (AvgIpc) is 2.26. The number of likely N-dealkylation sites (N-methyl/N-ethyl adjacent to an activating group) is 1. The highest BCUT2D eigenvalue weighted by Gasteiger charge is 2.33. The molecule has 0 aromatic heterocycles. The van der Waals surface area contributed by atoms with Crippen LogP contribution in [0.1, 0.15) is 6.42 Å². The molecule has 1 atom stereocenters. The molecule has 0 saturated carbocycles. The van der Waals surface area contributed by atoms with Crippen LogP contribution in [0.25, 0.3) is 0 Å². The molecular weight excluding hydrogens is 246 g/mol. The monoisotopic (exact) mass is 265 g/mol. The molecular formula is C9H19N3O4S. The lowest BCUT2D eigenvalue weighted by atomic mass is 10.2. The Bertz CT molecular complexity index is 370. The molecule has 0 amide bonds. The topological polar surface area (TPSA) is 104 Å². The highest BCUT2D eigenvalue weighted by molar-refractivity contribution is 7.89. The van der Waals surface area contributed by atoms with E-state index in [0.29, 0.717) is 19.6 Å². The summed E-state index contributed by atoms with van der Waals surface area (Å²) >= 11 is 0. The van der Waals surface area contributed by atoms with Crippen LogP contribution in [0, 0.1) is 0 Å². The Hall–Kier alpha value is -0.700. The van der Waals surface area contributed by atoms with Gasteiger partial charge in [0.2, 0.25) is 10.0 Å². The van der Waals surface area contributed by atoms with E-state index >= 15 is 0 Å². The predicted octanol–water partition coefficient (Wildman–Crippen LogP) is -1.63. The van der Waals surface area contributed by atoms with Gasteiger partial charge < -0.3 is 15.7 Å². The van der Waals surface area contributed by atoms with Gasteiger partial charge in [-0.1, -0.05) is 0 Å². The van der Waals surface area contributed by atoms with Gasteiger partial charge in [-0.3, -0.25) is 4.79 Å². The van der Waals surface area contributed by atoms with Gasteiger partial charge in [0, 0.05) is 32.2 Å². The van der Waals surface area contributed by atoms with Gasteiger partial charge in [0.1, 0.15) is 0 Å². The predicted molar refractivity (Wildman–Crippen MR) is 63.1 cm³/mol. The van der Waals surface area contributed by atoms with Crippen molar-refractivity contribution in [2.45, 2.75) is 12.5 Å². The molecule has 0 aromatic carbocycles. The van der Waals surface area contributed by atoms with E-state index in [0.717, 1.165) is 0 Å². The normalized spacial score (nSPS) is 23.8. The number of sulfonamides is 1. The number of carboxylic acid groups (broad SMARTS) is 1. The van der Waals surface area contributed by atoms with E-state index in [1.54, 1.807) is 0 Å². The summed E-state index contributed by atoms with van der Waals surface area (Å²) < 4.78 is 25.3. The molecule has 1 aliphatic rings. The van der Waals surface area contributed by atoms with Crippen molar-refractivity contribution in [3.63, 3.8) is 0 Å². The minimum Gasteiger partial charge on any atom is -0.481 e. The molecule has 0 aromatic rings. The molecule has 7 nitrogen and oxygen atoms in total. The second-order valence-electron chi connectivity index (χ2n) is 4.22. The largest absolute Gasteiger partial charge is 0.481 e. The first kappa shape index (κ1) is 14.4. The van der Waals surface area contributed by atoms with E-state index < -0.39 is 16.0 Å². The highest BCUT2D eigenvalue weighted by atomic mass is 32.2. The number of nitrogens with two attached hydrogens (primary N) is 1. The number of piperazine rings is 1. The second-order valence-corrected chi connectivity index (χ2v) is 6.26. The van der Waals surface area contributed by atoms with Gasteiger partial charge in [-0.05, 0) is 7.05 Å². The highest BCUT2D eigenvalue weighted by Crippen LogP contribution is 2.14. The Morgan fingerprint density at radius 1 is 1.47 bits per heavy atom. The molecule has 3 N–H and O–H groups in total. The van der Waals surface area contributed by atoms with Crippen LogP contribution < -0.4 is 5.73 Å². The first-order chi connectivity index (χ1) is 7.86.